The summed E-state index contributed by atoms with van der Waals surface area (Å²) in [5, 5.41) is 6.03. The Morgan fingerprint density at radius 3 is 2.77 bits per heavy atom. The zero-order valence-electron chi connectivity index (χ0n) is 16.3. The highest BCUT2D eigenvalue weighted by Gasteiger charge is 2.19. The smallest absolute Gasteiger partial charge is 0.242 e. The molecule has 0 unspecified atom stereocenters. The van der Waals surface area contributed by atoms with Crippen molar-refractivity contribution in [2.75, 3.05) is 50.4 Å². The fourth-order valence-electron chi connectivity index (χ4n) is 3.06. The van der Waals surface area contributed by atoms with Crippen molar-refractivity contribution in [2.45, 2.75) is 0 Å². The minimum Gasteiger partial charge on any atom is -0.345 e. The van der Waals surface area contributed by atoms with E-state index < -0.39 is 5.82 Å². The van der Waals surface area contributed by atoms with Gasteiger partial charge >= 0.3 is 0 Å². The molecule has 0 radical (unpaired) electrons. The summed E-state index contributed by atoms with van der Waals surface area (Å²) >= 11 is 5.84. The van der Waals surface area contributed by atoms with Crippen LogP contribution < -0.4 is 10.6 Å². The van der Waals surface area contributed by atoms with Crippen molar-refractivity contribution in [3.63, 3.8) is 0 Å². The number of hydrogen-bond acceptors (Lipinski definition) is 8. The molecule has 0 bridgehead atoms. The summed E-state index contributed by atoms with van der Waals surface area (Å²) < 4.78 is 13.4. The molecule has 3 aromatic rings. The third-order valence-corrected chi connectivity index (χ3v) is 5.10. The van der Waals surface area contributed by atoms with Gasteiger partial charge in [0.25, 0.3) is 0 Å². The molecule has 0 aliphatic carbocycles. The van der Waals surface area contributed by atoms with Gasteiger partial charge in [0.2, 0.25) is 11.9 Å². The number of carbonyl (C=O) groups excluding carboxylic acids is 1. The third kappa shape index (κ3) is 4.55. The van der Waals surface area contributed by atoms with Crippen molar-refractivity contribution >= 4 is 46.0 Å². The van der Waals surface area contributed by atoms with Crippen LogP contribution >= 0.6 is 11.6 Å². The molecule has 1 aromatic carbocycles. The number of carbonyl (C=O) groups is 1. The Hall–Kier alpha value is -3.11. The lowest BCUT2D eigenvalue weighted by Crippen LogP contribution is -2.48. The van der Waals surface area contributed by atoms with Crippen LogP contribution in [0.4, 0.5) is 21.8 Å². The predicted molar refractivity (Wildman–Crippen MR) is 112 cm³/mol. The van der Waals surface area contributed by atoms with Crippen molar-refractivity contribution in [3.8, 4) is 0 Å². The first kappa shape index (κ1) is 20.2. The summed E-state index contributed by atoms with van der Waals surface area (Å²) in [6.07, 6.45) is 2.93. The van der Waals surface area contributed by atoms with Gasteiger partial charge in [-0.25, -0.2) is 24.3 Å². The molecule has 3 heterocycles. The van der Waals surface area contributed by atoms with Crippen LogP contribution in [0.1, 0.15) is 0 Å². The van der Waals surface area contributed by atoms with E-state index in [1.807, 2.05) is 11.9 Å². The van der Waals surface area contributed by atoms with E-state index in [1.165, 1.54) is 18.5 Å². The topological polar surface area (TPSA) is 99.2 Å². The molecule has 2 aromatic heterocycles. The van der Waals surface area contributed by atoms with Gasteiger partial charge in [0, 0.05) is 31.9 Å². The molecule has 4 rings (SSSR count). The van der Waals surface area contributed by atoms with Crippen LogP contribution in [0.25, 0.3) is 11.0 Å². The van der Waals surface area contributed by atoms with E-state index in [1.54, 1.807) is 12.3 Å². The summed E-state index contributed by atoms with van der Waals surface area (Å²) in [7, 11) is 2.04. The maximum atomic E-state index is 13.4. The highest BCUT2D eigenvalue weighted by Crippen LogP contribution is 2.25. The second-order valence-corrected chi connectivity index (χ2v) is 7.35. The third-order valence-electron chi connectivity index (χ3n) is 4.81. The van der Waals surface area contributed by atoms with Gasteiger partial charge in [0.1, 0.15) is 23.2 Å². The van der Waals surface area contributed by atoms with E-state index in [2.05, 4.69) is 35.5 Å². The molecule has 1 saturated heterocycles. The van der Waals surface area contributed by atoms with E-state index in [0.717, 1.165) is 13.1 Å². The summed E-state index contributed by atoms with van der Waals surface area (Å²) in [5.41, 5.74) is 1.54. The monoisotopic (exact) mass is 430 g/mol. The fourth-order valence-corrected chi connectivity index (χ4v) is 3.24. The second-order valence-electron chi connectivity index (χ2n) is 6.94. The quantitative estimate of drug-likeness (QED) is 0.635. The summed E-state index contributed by atoms with van der Waals surface area (Å²) in [6.45, 7) is 3.23. The molecular formula is C19H20ClFN8O. The number of likely N-dealkylation sites (N-methyl/N-ethyl adjacent to an activating group) is 1. The number of rotatable bonds is 5. The number of aromatic nitrogens is 4. The van der Waals surface area contributed by atoms with Crippen LogP contribution in [0.3, 0.4) is 0 Å². The lowest BCUT2D eigenvalue weighted by molar-refractivity contribution is -0.130. The molecule has 0 spiro atoms. The molecular weight excluding hydrogens is 411 g/mol. The van der Waals surface area contributed by atoms with Crippen molar-refractivity contribution < 1.29 is 9.18 Å². The van der Waals surface area contributed by atoms with Crippen LogP contribution in [0.15, 0.2) is 30.7 Å². The number of nitrogens with zero attached hydrogens (tertiary/aromatic N) is 6. The molecule has 2 N–H and O–H groups in total. The first-order valence-electron chi connectivity index (χ1n) is 9.39. The van der Waals surface area contributed by atoms with Crippen molar-refractivity contribution in [3.05, 3.63) is 41.6 Å². The van der Waals surface area contributed by atoms with Crippen LogP contribution in [0, 0.1) is 5.82 Å². The van der Waals surface area contributed by atoms with Gasteiger partial charge in [0.15, 0.2) is 5.82 Å². The molecule has 1 aliphatic heterocycles. The summed E-state index contributed by atoms with van der Waals surface area (Å²) in [5.74, 6) is 0.197. The van der Waals surface area contributed by atoms with Crippen molar-refractivity contribution in [2.24, 2.45) is 0 Å². The highest BCUT2D eigenvalue weighted by atomic mass is 35.5. The van der Waals surface area contributed by atoms with Gasteiger partial charge in [-0.05, 0) is 25.2 Å². The number of fused-ring (bicyclic) bond motifs is 1. The zero-order chi connectivity index (χ0) is 21.1. The van der Waals surface area contributed by atoms with E-state index in [4.69, 9.17) is 11.6 Å². The molecule has 11 heteroatoms. The molecule has 30 heavy (non-hydrogen) atoms. The van der Waals surface area contributed by atoms with E-state index in [0.29, 0.717) is 41.6 Å². The maximum absolute atomic E-state index is 13.4. The van der Waals surface area contributed by atoms with E-state index >= 15 is 0 Å². The molecule has 9 nitrogen and oxygen atoms in total. The minimum absolute atomic E-state index is 0.00207. The Labute approximate surface area is 177 Å². The Morgan fingerprint density at radius 2 is 2.00 bits per heavy atom. The number of piperazine rings is 1. The Balaban J connectivity index is 1.49. The lowest BCUT2D eigenvalue weighted by atomic mass is 10.3. The van der Waals surface area contributed by atoms with E-state index in [-0.39, 0.29) is 17.5 Å². The highest BCUT2D eigenvalue weighted by molar-refractivity contribution is 6.31. The first-order valence-corrected chi connectivity index (χ1v) is 9.77. The Morgan fingerprint density at radius 1 is 1.20 bits per heavy atom. The number of nitrogens with one attached hydrogen (secondary N) is 2. The molecule has 1 aliphatic rings. The van der Waals surface area contributed by atoms with Crippen LogP contribution in [-0.2, 0) is 4.79 Å². The SMILES string of the molecule is CN1CCN(C(=O)CNc2ncc3ncnc(Nc4ccc(F)c(Cl)c4)c3n2)CC1. The first-order chi connectivity index (χ1) is 14.5. The number of amides is 1. The van der Waals surface area contributed by atoms with Gasteiger partial charge in [-0.1, -0.05) is 11.6 Å². The van der Waals surface area contributed by atoms with E-state index in [9.17, 15) is 9.18 Å². The van der Waals surface area contributed by atoms with Crippen LogP contribution in [0.2, 0.25) is 5.02 Å². The average Bonchev–Trinajstić information content (AvgIpc) is 2.75. The maximum Gasteiger partial charge on any atom is 0.242 e. The van der Waals surface area contributed by atoms with Gasteiger partial charge in [-0.15, -0.1) is 0 Å². The molecule has 0 saturated carbocycles. The molecule has 1 amide bonds. The standard InChI is InChI=1S/C19H20ClFN8O/c1-28-4-6-29(7-5-28)16(30)10-23-19-22-9-15-17(27-19)18(25-11-24-15)26-12-2-3-14(21)13(20)8-12/h2-3,8-9,11H,4-7,10H2,1H3,(H,22,23,27)(H,24,25,26). The fraction of sp³-hybridized carbons (Fsp3) is 0.316. The van der Waals surface area contributed by atoms with Gasteiger partial charge in [0.05, 0.1) is 17.8 Å². The minimum atomic E-state index is -0.506. The van der Waals surface area contributed by atoms with Crippen LogP contribution in [-0.4, -0.2) is 75.4 Å². The number of anilines is 3. The average molecular weight is 431 g/mol. The predicted octanol–water partition coefficient (Wildman–Crippen LogP) is 2.14. The van der Waals surface area contributed by atoms with Gasteiger partial charge in [-0.3, -0.25) is 4.79 Å². The zero-order valence-corrected chi connectivity index (χ0v) is 17.0. The molecule has 1 fully saturated rings. The van der Waals surface area contributed by atoms with Gasteiger partial charge in [-0.2, -0.15) is 0 Å². The molecule has 156 valence electrons. The lowest BCUT2D eigenvalue weighted by Gasteiger charge is -2.32. The summed E-state index contributed by atoms with van der Waals surface area (Å²) in [6, 6.07) is 4.27. The van der Waals surface area contributed by atoms with Gasteiger partial charge < -0.3 is 20.4 Å². The number of halogens is 2. The second kappa shape index (κ2) is 8.72. The molecule has 0 atom stereocenters. The van der Waals surface area contributed by atoms with Crippen LogP contribution in [0.5, 0.6) is 0 Å². The normalized spacial score (nSPS) is 14.7. The number of benzene rings is 1. The van der Waals surface area contributed by atoms with Crippen molar-refractivity contribution in [1.82, 2.24) is 29.7 Å². The summed E-state index contributed by atoms with van der Waals surface area (Å²) in [4.78, 5) is 33.5. The van der Waals surface area contributed by atoms with Crippen molar-refractivity contribution in [1.29, 1.82) is 0 Å². The Kier molecular flexibility index (Phi) is 5.86. The number of hydrogen-bond donors (Lipinski definition) is 2. The largest absolute Gasteiger partial charge is 0.345 e. The Bertz CT molecular complexity index is 1070.